The monoisotopic (exact) mass is 366 g/mol. The van der Waals surface area contributed by atoms with Crippen LogP contribution in [0, 0.1) is 0 Å². The van der Waals surface area contributed by atoms with E-state index >= 15 is 0 Å². The zero-order valence-corrected chi connectivity index (χ0v) is 15.5. The maximum absolute atomic E-state index is 10.7. The number of aryl methyl sites for hydroxylation is 2. The number of hydrogen-bond donors (Lipinski definition) is 1. The van der Waals surface area contributed by atoms with Gasteiger partial charge in [0, 0.05) is 24.9 Å². The summed E-state index contributed by atoms with van der Waals surface area (Å²) in [5.41, 5.74) is 1.84. The molecule has 0 bridgehead atoms. The Bertz CT molecular complexity index is 826. The molecule has 0 aliphatic carbocycles. The van der Waals surface area contributed by atoms with E-state index in [9.17, 15) is 8.42 Å². The largest absolute Gasteiger partial charge is 0.421 e. The third-order valence-corrected chi connectivity index (χ3v) is 4.52. The minimum absolute atomic E-state index is 0.227. The quantitative estimate of drug-likeness (QED) is 0.336. The average molecular weight is 366 g/mol. The first-order valence-electron chi connectivity index (χ1n) is 7.95. The molecule has 0 atom stereocenters. The van der Waals surface area contributed by atoms with E-state index < -0.39 is 10.1 Å². The Balaban J connectivity index is 2.03. The lowest BCUT2D eigenvalue weighted by Gasteiger charge is -2.11. The molecule has 1 heterocycles. The Morgan fingerprint density at radius 3 is 2.44 bits per heavy atom. The number of hydrogen-bond acceptors (Lipinski definition) is 5. The Morgan fingerprint density at radius 1 is 1.16 bits per heavy atom. The standard InChI is InChI=1S/C16H23N5O3S/c1-19(2)15-8-6-14(7-9-15)17-18-16-20(3)11-12-21(16)10-4-5-13-25(22,23)24/h6-9,11-12H,4-5,10,13H2,1-3H3/p+1. The molecule has 136 valence electrons. The first-order chi connectivity index (χ1) is 11.8. The van der Waals surface area contributed by atoms with Crippen molar-refractivity contribution in [2.45, 2.75) is 19.4 Å². The molecule has 8 nitrogen and oxygen atoms in total. The molecule has 0 aliphatic rings. The highest BCUT2D eigenvalue weighted by atomic mass is 32.2. The maximum Gasteiger partial charge on any atom is 0.421 e. The summed E-state index contributed by atoms with van der Waals surface area (Å²) in [4.78, 5) is 2.01. The van der Waals surface area contributed by atoms with E-state index in [0.717, 1.165) is 11.4 Å². The summed E-state index contributed by atoms with van der Waals surface area (Å²) in [5, 5.41) is 8.57. The van der Waals surface area contributed by atoms with Gasteiger partial charge in [-0.3, -0.25) is 4.55 Å². The first kappa shape index (κ1) is 19.1. The van der Waals surface area contributed by atoms with Gasteiger partial charge >= 0.3 is 5.95 Å². The van der Waals surface area contributed by atoms with Gasteiger partial charge in [0.25, 0.3) is 10.1 Å². The number of benzene rings is 1. The maximum atomic E-state index is 10.7. The molecule has 0 saturated carbocycles. The molecule has 9 heteroatoms. The molecule has 2 aromatic rings. The van der Waals surface area contributed by atoms with Crippen LogP contribution in [0.1, 0.15) is 12.8 Å². The van der Waals surface area contributed by atoms with Crippen molar-refractivity contribution < 1.29 is 17.5 Å². The minimum Gasteiger partial charge on any atom is -0.378 e. The molecule has 0 amide bonds. The minimum atomic E-state index is -3.90. The lowest BCUT2D eigenvalue weighted by atomic mass is 10.3. The average Bonchev–Trinajstić information content (AvgIpc) is 2.89. The SMILES string of the molecule is CN(C)c1ccc(N=Nc2n(CCCCS(=O)(=O)O)cc[n+]2C)cc1. The van der Waals surface area contributed by atoms with Crippen molar-refractivity contribution in [2.75, 3.05) is 24.7 Å². The highest BCUT2D eigenvalue weighted by Crippen LogP contribution is 2.20. The summed E-state index contributed by atoms with van der Waals surface area (Å²) in [5.74, 6) is 0.443. The van der Waals surface area contributed by atoms with Crippen LogP contribution in [0.2, 0.25) is 0 Å². The summed E-state index contributed by atoms with van der Waals surface area (Å²) in [6, 6.07) is 7.75. The van der Waals surface area contributed by atoms with E-state index in [-0.39, 0.29) is 5.75 Å². The van der Waals surface area contributed by atoms with Gasteiger partial charge in [-0.2, -0.15) is 8.42 Å². The fourth-order valence-corrected chi connectivity index (χ4v) is 2.87. The Morgan fingerprint density at radius 2 is 1.84 bits per heavy atom. The van der Waals surface area contributed by atoms with E-state index in [1.54, 1.807) is 0 Å². The lowest BCUT2D eigenvalue weighted by Crippen LogP contribution is -2.25. The van der Waals surface area contributed by atoms with Crippen LogP contribution < -0.4 is 9.47 Å². The third-order valence-electron chi connectivity index (χ3n) is 3.71. The summed E-state index contributed by atoms with van der Waals surface area (Å²) in [6.45, 7) is 0.601. The second-order valence-electron chi connectivity index (χ2n) is 6.01. The van der Waals surface area contributed by atoms with Crippen LogP contribution in [-0.2, 0) is 23.7 Å². The van der Waals surface area contributed by atoms with Crippen LogP contribution >= 0.6 is 0 Å². The molecule has 0 saturated heterocycles. The van der Waals surface area contributed by atoms with Crippen molar-refractivity contribution in [3.8, 4) is 0 Å². The van der Waals surface area contributed by atoms with E-state index in [4.69, 9.17) is 4.55 Å². The molecule has 0 fully saturated rings. The van der Waals surface area contributed by atoms with E-state index in [1.165, 1.54) is 0 Å². The topological polar surface area (TPSA) is 91.1 Å². The third kappa shape index (κ3) is 5.95. The fourth-order valence-electron chi connectivity index (χ4n) is 2.31. The molecular formula is C16H24N5O3S+. The Labute approximate surface area is 148 Å². The molecule has 0 aliphatic heterocycles. The number of imidazole rings is 1. The van der Waals surface area contributed by atoms with Gasteiger partial charge in [-0.15, -0.1) is 0 Å². The van der Waals surface area contributed by atoms with Gasteiger partial charge in [-0.25, -0.2) is 9.13 Å². The lowest BCUT2D eigenvalue weighted by molar-refractivity contribution is -0.657. The second kappa shape index (κ2) is 8.21. The molecule has 0 unspecified atom stereocenters. The molecule has 1 N–H and O–H groups in total. The summed E-state index contributed by atoms with van der Waals surface area (Å²) < 4.78 is 34.0. The van der Waals surface area contributed by atoms with Crippen LogP contribution in [0.15, 0.2) is 46.9 Å². The highest BCUT2D eigenvalue weighted by Gasteiger charge is 2.14. The molecule has 1 aromatic carbocycles. The van der Waals surface area contributed by atoms with Crippen LogP contribution in [0.3, 0.4) is 0 Å². The smallest absolute Gasteiger partial charge is 0.378 e. The van der Waals surface area contributed by atoms with Crippen LogP contribution in [0.4, 0.5) is 17.3 Å². The van der Waals surface area contributed by atoms with Gasteiger partial charge in [-0.05, 0) is 37.1 Å². The predicted octanol–water partition coefficient (Wildman–Crippen LogP) is 2.46. The van der Waals surface area contributed by atoms with Crippen molar-refractivity contribution in [1.29, 1.82) is 0 Å². The van der Waals surface area contributed by atoms with Crippen molar-refractivity contribution in [3.05, 3.63) is 36.7 Å². The fraction of sp³-hybridized carbons (Fsp3) is 0.438. The number of unbranched alkanes of at least 4 members (excludes halogenated alkanes) is 1. The number of rotatable bonds is 8. The molecular weight excluding hydrogens is 342 g/mol. The number of aromatic nitrogens is 2. The second-order valence-corrected chi connectivity index (χ2v) is 7.58. The van der Waals surface area contributed by atoms with Gasteiger partial charge < -0.3 is 4.90 Å². The molecule has 1 aromatic heterocycles. The first-order valence-corrected chi connectivity index (χ1v) is 9.56. The van der Waals surface area contributed by atoms with Crippen molar-refractivity contribution in [3.63, 3.8) is 0 Å². The van der Waals surface area contributed by atoms with Crippen molar-refractivity contribution in [2.24, 2.45) is 17.3 Å². The van der Waals surface area contributed by atoms with Crippen LogP contribution in [0.25, 0.3) is 0 Å². The van der Waals surface area contributed by atoms with Gasteiger partial charge in [0.15, 0.2) is 0 Å². The Hall–Kier alpha value is -2.26. The summed E-state index contributed by atoms with van der Waals surface area (Å²) in [6.07, 6.45) is 4.75. The van der Waals surface area contributed by atoms with E-state index in [2.05, 4.69) is 10.2 Å². The number of nitrogens with zero attached hydrogens (tertiary/aromatic N) is 5. The Kier molecular flexibility index (Phi) is 6.27. The normalized spacial score (nSPS) is 12.0. The summed E-state index contributed by atoms with van der Waals surface area (Å²) in [7, 11) is 1.93. The molecule has 0 radical (unpaired) electrons. The van der Waals surface area contributed by atoms with Crippen molar-refractivity contribution in [1.82, 2.24) is 4.57 Å². The zero-order valence-electron chi connectivity index (χ0n) is 14.7. The molecule has 0 spiro atoms. The van der Waals surface area contributed by atoms with Gasteiger partial charge in [0.05, 0.1) is 31.7 Å². The van der Waals surface area contributed by atoms with Crippen molar-refractivity contribution >= 4 is 27.4 Å². The van der Waals surface area contributed by atoms with Gasteiger partial charge in [0.1, 0.15) is 5.69 Å². The highest BCUT2D eigenvalue weighted by molar-refractivity contribution is 7.85. The van der Waals surface area contributed by atoms with Crippen LogP contribution in [0.5, 0.6) is 0 Å². The van der Waals surface area contributed by atoms with Crippen LogP contribution in [-0.4, -0.2) is 37.4 Å². The van der Waals surface area contributed by atoms with Gasteiger partial charge in [0.2, 0.25) is 0 Å². The molecule has 2 rings (SSSR count). The zero-order chi connectivity index (χ0) is 18.4. The van der Waals surface area contributed by atoms with E-state index in [0.29, 0.717) is 25.3 Å². The summed E-state index contributed by atoms with van der Waals surface area (Å²) >= 11 is 0. The molecule has 25 heavy (non-hydrogen) atoms. The predicted molar refractivity (Wildman–Crippen MR) is 96.2 cm³/mol. The van der Waals surface area contributed by atoms with E-state index in [1.807, 2.05) is 71.8 Å². The number of anilines is 1. The van der Waals surface area contributed by atoms with Gasteiger partial charge in [-0.1, -0.05) is 5.11 Å². The number of azo groups is 1.